The number of hydrogen-bond acceptors (Lipinski definition) is 4. The van der Waals surface area contributed by atoms with Crippen LogP contribution in [-0.2, 0) is 0 Å². The van der Waals surface area contributed by atoms with E-state index in [1.807, 2.05) is 11.9 Å². The van der Waals surface area contributed by atoms with Crippen LogP contribution in [0, 0.1) is 0 Å². The van der Waals surface area contributed by atoms with Gasteiger partial charge in [-0.3, -0.25) is 4.79 Å². The molecule has 0 unspecified atom stereocenters. The summed E-state index contributed by atoms with van der Waals surface area (Å²) in [5.74, 6) is 0.635. The molecule has 1 aromatic heterocycles. The molecule has 0 bridgehead atoms. The zero-order valence-electron chi connectivity index (χ0n) is 11.6. The van der Waals surface area contributed by atoms with Crippen LogP contribution in [0.1, 0.15) is 23.2 Å². The summed E-state index contributed by atoms with van der Waals surface area (Å²) in [6, 6.07) is 3.87. The molecule has 0 saturated carbocycles. The fourth-order valence-corrected chi connectivity index (χ4v) is 2.51. The summed E-state index contributed by atoms with van der Waals surface area (Å²) < 4.78 is 0. The van der Waals surface area contributed by atoms with Crippen molar-refractivity contribution in [2.45, 2.75) is 18.9 Å². The first-order chi connectivity index (χ1) is 9.13. The predicted octanol–water partition coefficient (Wildman–Crippen LogP) is 2.02. The third-order valence-corrected chi connectivity index (χ3v) is 3.68. The molecule has 1 aliphatic rings. The third-order valence-electron chi connectivity index (χ3n) is 3.49. The monoisotopic (exact) mass is 318 g/mol. The second-order valence-corrected chi connectivity index (χ2v) is 5.06. The fraction of sp³-hybridized carbons (Fsp3) is 0.538. The number of likely N-dealkylation sites (tertiary alicyclic amines) is 1. The van der Waals surface area contributed by atoms with Crippen LogP contribution in [0.2, 0.25) is 5.15 Å². The van der Waals surface area contributed by atoms with Gasteiger partial charge in [-0.25, -0.2) is 4.98 Å². The van der Waals surface area contributed by atoms with E-state index in [1.165, 1.54) is 0 Å². The van der Waals surface area contributed by atoms with E-state index in [4.69, 9.17) is 11.6 Å². The number of carbonyl (C=O) groups is 1. The number of halogens is 2. The molecule has 1 fully saturated rings. The van der Waals surface area contributed by atoms with Crippen molar-refractivity contribution in [1.82, 2.24) is 15.2 Å². The van der Waals surface area contributed by atoms with Gasteiger partial charge in [-0.2, -0.15) is 0 Å². The Morgan fingerprint density at radius 1 is 1.35 bits per heavy atom. The van der Waals surface area contributed by atoms with Crippen LogP contribution in [0.3, 0.4) is 0 Å². The Morgan fingerprint density at radius 2 is 2.00 bits per heavy atom. The maximum Gasteiger partial charge on any atom is 0.254 e. The zero-order valence-corrected chi connectivity index (χ0v) is 13.2. The lowest BCUT2D eigenvalue weighted by atomic mass is 10.0. The zero-order chi connectivity index (χ0) is 13.8. The van der Waals surface area contributed by atoms with Crippen LogP contribution in [0.25, 0.3) is 0 Å². The molecule has 5 nitrogen and oxygen atoms in total. The summed E-state index contributed by atoms with van der Waals surface area (Å²) in [4.78, 5) is 18.4. The molecule has 1 saturated heterocycles. The second-order valence-electron chi connectivity index (χ2n) is 4.67. The van der Waals surface area contributed by atoms with E-state index < -0.39 is 0 Å². The van der Waals surface area contributed by atoms with Gasteiger partial charge in [-0.15, -0.1) is 12.4 Å². The number of aromatic nitrogens is 1. The average Bonchev–Trinajstić information content (AvgIpc) is 2.46. The maximum absolute atomic E-state index is 12.4. The minimum absolute atomic E-state index is 0. The molecule has 7 heteroatoms. The molecule has 0 aliphatic carbocycles. The molecule has 0 radical (unpaired) electrons. The standard InChI is InChI=1S/C13H19ClN4O.ClH/c1-15-10-3-5-18(6-4-10)13(19)9-7-11(14)17-12(8-9)16-2;/h7-8,10,15H,3-6H2,1-2H3,(H,16,17);1H. The summed E-state index contributed by atoms with van der Waals surface area (Å²) in [5.41, 5.74) is 0.590. The van der Waals surface area contributed by atoms with Crippen LogP contribution >= 0.6 is 24.0 Å². The molecule has 2 N–H and O–H groups in total. The average molecular weight is 319 g/mol. The number of nitrogens with one attached hydrogen (secondary N) is 2. The lowest BCUT2D eigenvalue weighted by Crippen LogP contribution is -2.43. The molecule has 0 spiro atoms. The van der Waals surface area contributed by atoms with Crippen LogP contribution in [0.5, 0.6) is 0 Å². The van der Waals surface area contributed by atoms with Gasteiger partial charge in [0.05, 0.1) is 0 Å². The van der Waals surface area contributed by atoms with E-state index in [-0.39, 0.29) is 18.3 Å². The van der Waals surface area contributed by atoms with Gasteiger partial charge in [0.25, 0.3) is 5.91 Å². The van der Waals surface area contributed by atoms with E-state index in [0.717, 1.165) is 25.9 Å². The molecule has 1 aliphatic heterocycles. The van der Waals surface area contributed by atoms with E-state index >= 15 is 0 Å². The molecular formula is C13H20Cl2N4O. The number of pyridine rings is 1. The molecule has 112 valence electrons. The van der Waals surface area contributed by atoms with Crippen molar-refractivity contribution in [3.8, 4) is 0 Å². The number of nitrogens with zero attached hydrogens (tertiary/aromatic N) is 2. The topological polar surface area (TPSA) is 57.3 Å². The van der Waals surface area contributed by atoms with Crippen molar-refractivity contribution < 1.29 is 4.79 Å². The normalized spacial score (nSPS) is 15.7. The number of hydrogen-bond donors (Lipinski definition) is 2. The number of rotatable bonds is 3. The highest BCUT2D eigenvalue weighted by atomic mass is 35.5. The number of carbonyl (C=O) groups excluding carboxylic acids is 1. The molecule has 20 heavy (non-hydrogen) atoms. The summed E-state index contributed by atoms with van der Waals surface area (Å²) in [5, 5.41) is 6.49. The summed E-state index contributed by atoms with van der Waals surface area (Å²) >= 11 is 5.93. The van der Waals surface area contributed by atoms with Crippen molar-refractivity contribution in [3.63, 3.8) is 0 Å². The van der Waals surface area contributed by atoms with Gasteiger partial charge in [0, 0.05) is 31.7 Å². The van der Waals surface area contributed by atoms with E-state index in [0.29, 0.717) is 22.6 Å². The van der Waals surface area contributed by atoms with Crippen molar-refractivity contribution in [1.29, 1.82) is 0 Å². The van der Waals surface area contributed by atoms with Crippen LogP contribution < -0.4 is 10.6 Å². The Morgan fingerprint density at radius 3 is 2.55 bits per heavy atom. The second kappa shape index (κ2) is 7.67. The van der Waals surface area contributed by atoms with Crippen LogP contribution in [0.4, 0.5) is 5.82 Å². The highest BCUT2D eigenvalue weighted by molar-refractivity contribution is 6.29. The minimum Gasteiger partial charge on any atom is -0.373 e. The van der Waals surface area contributed by atoms with Gasteiger partial charge in [0.1, 0.15) is 11.0 Å². The third kappa shape index (κ3) is 3.98. The van der Waals surface area contributed by atoms with Crippen molar-refractivity contribution in [3.05, 3.63) is 22.8 Å². The summed E-state index contributed by atoms with van der Waals surface area (Å²) in [7, 11) is 3.72. The largest absolute Gasteiger partial charge is 0.373 e. The van der Waals surface area contributed by atoms with E-state index in [2.05, 4.69) is 15.6 Å². The Labute approximate surface area is 130 Å². The smallest absolute Gasteiger partial charge is 0.254 e. The Kier molecular flexibility index (Phi) is 6.52. The molecule has 1 aromatic rings. The molecule has 2 rings (SSSR count). The van der Waals surface area contributed by atoms with E-state index in [9.17, 15) is 4.79 Å². The molecule has 0 atom stereocenters. The summed E-state index contributed by atoms with van der Waals surface area (Å²) in [6.45, 7) is 1.55. The lowest BCUT2D eigenvalue weighted by molar-refractivity contribution is 0.0707. The van der Waals surface area contributed by atoms with Crippen molar-refractivity contribution in [2.75, 3.05) is 32.5 Å². The first kappa shape index (κ1) is 17.0. The maximum atomic E-state index is 12.4. The van der Waals surface area contributed by atoms with E-state index in [1.54, 1.807) is 19.2 Å². The number of anilines is 1. The number of amides is 1. The van der Waals surface area contributed by atoms with Gasteiger partial charge in [-0.05, 0) is 32.0 Å². The molecular weight excluding hydrogens is 299 g/mol. The van der Waals surface area contributed by atoms with Gasteiger partial charge < -0.3 is 15.5 Å². The quantitative estimate of drug-likeness (QED) is 0.837. The van der Waals surface area contributed by atoms with Gasteiger partial charge in [0.2, 0.25) is 0 Å². The van der Waals surface area contributed by atoms with Crippen molar-refractivity contribution in [2.24, 2.45) is 0 Å². The Balaban J connectivity index is 0.00000200. The SMILES string of the molecule is CNc1cc(C(=O)N2CCC(NC)CC2)cc(Cl)n1.Cl. The lowest BCUT2D eigenvalue weighted by Gasteiger charge is -2.31. The Hall–Kier alpha value is -1.04. The predicted molar refractivity (Wildman–Crippen MR) is 84.0 cm³/mol. The first-order valence-corrected chi connectivity index (χ1v) is 6.83. The molecule has 0 aromatic carbocycles. The molecule has 2 heterocycles. The van der Waals surface area contributed by atoms with Gasteiger partial charge in [0.15, 0.2) is 0 Å². The highest BCUT2D eigenvalue weighted by Crippen LogP contribution is 2.18. The van der Waals surface area contributed by atoms with Crippen molar-refractivity contribution >= 4 is 35.7 Å². The van der Waals surface area contributed by atoms with Crippen LogP contribution in [0.15, 0.2) is 12.1 Å². The molecule has 1 amide bonds. The Bertz CT molecular complexity index is 462. The summed E-state index contributed by atoms with van der Waals surface area (Å²) in [6.07, 6.45) is 1.97. The van der Waals surface area contributed by atoms with Gasteiger partial charge in [-0.1, -0.05) is 11.6 Å². The fourth-order valence-electron chi connectivity index (χ4n) is 2.30. The highest BCUT2D eigenvalue weighted by Gasteiger charge is 2.23. The van der Waals surface area contributed by atoms with Gasteiger partial charge >= 0.3 is 0 Å². The van der Waals surface area contributed by atoms with Crippen LogP contribution in [-0.4, -0.2) is 49.0 Å². The first-order valence-electron chi connectivity index (χ1n) is 6.46. The minimum atomic E-state index is 0. The number of piperidine rings is 1.